The number of hydrogen-bond acceptors (Lipinski definition) is 4. The van der Waals surface area contributed by atoms with Crippen LogP contribution in [0.3, 0.4) is 0 Å². The molecule has 1 fully saturated rings. The zero-order valence-electron chi connectivity index (χ0n) is 10.3. The van der Waals surface area contributed by atoms with Crippen LogP contribution in [0.4, 0.5) is 0 Å². The minimum atomic E-state index is -0.164. The zero-order valence-corrected chi connectivity index (χ0v) is 10.3. The van der Waals surface area contributed by atoms with Crippen molar-refractivity contribution in [1.82, 2.24) is 9.55 Å². The Labute approximate surface area is 101 Å². The molecule has 2 atom stereocenters. The summed E-state index contributed by atoms with van der Waals surface area (Å²) in [5, 5.41) is 0. The fourth-order valence-electron chi connectivity index (χ4n) is 2.13. The lowest BCUT2D eigenvalue weighted by Gasteiger charge is -2.14. The van der Waals surface area contributed by atoms with Gasteiger partial charge in [0.05, 0.1) is 0 Å². The Hall–Kier alpha value is -1.36. The molecule has 0 aliphatic heterocycles. The van der Waals surface area contributed by atoms with Crippen LogP contribution in [0.25, 0.3) is 0 Å². The Balaban J connectivity index is 2.16. The molecule has 2 rings (SSSR count). The summed E-state index contributed by atoms with van der Waals surface area (Å²) in [5.74, 6) is 0.195. The van der Waals surface area contributed by atoms with Gasteiger partial charge >= 0.3 is 5.56 Å². The van der Waals surface area contributed by atoms with E-state index in [4.69, 9.17) is 10.5 Å². The number of nitrogens with zero attached hydrogens (tertiary/aromatic N) is 2. The van der Waals surface area contributed by atoms with Crippen LogP contribution in [0.1, 0.15) is 39.2 Å². The van der Waals surface area contributed by atoms with Gasteiger partial charge in [-0.1, -0.05) is 0 Å². The van der Waals surface area contributed by atoms with Gasteiger partial charge in [-0.25, -0.2) is 4.98 Å². The summed E-state index contributed by atoms with van der Waals surface area (Å²) in [4.78, 5) is 16.0. The second kappa shape index (κ2) is 4.87. The Kier molecular flexibility index (Phi) is 3.47. The van der Waals surface area contributed by atoms with Crippen molar-refractivity contribution in [2.75, 3.05) is 0 Å². The van der Waals surface area contributed by atoms with Crippen LogP contribution in [0.15, 0.2) is 17.2 Å². The lowest BCUT2D eigenvalue weighted by Crippen LogP contribution is -2.27. The molecular formula is C12H19N3O2. The fraction of sp³-hybridized carbons (Fsp3) is 0.667. The summed E-state index contributed by atoms with van der Waals surface area (Å²) in [5.41, 5.74) is 5.65. The largest absolute Gasteiger partial charge is 0.470 e. The van der Waals surface area contributed by atoms with E-state index < -0.39 is 0 Å². The lowest BCUT2D eigenvalue weighted by molar-refractivity contribution is 0.194. The molecule has 2 unspecified atom stereocenters. The maximum absolute atomic E-state index is 12.0. The summed E-state index contributed by atoms with van der Waals surface area (Å²) in [7, 11) is 0. The molecule has 17 heavy (non-hydrogen) atoms. The smallest absolute Gasteiger partial charge is 0.313 e. The zero-order chi connectivity index (χ0) is 12.4. The number of nitrogens with two attached hydrogens (primary N) is 1. The molecule has 0 amide bonds. The van der Waals surface area contributed by atoms with Crippen LogP contribution >= 0.6 is 0 Å². The Morgan fingerprint density at radius 1 is 1.53 bits per heavy atom. The number of rotatable bonds is 3. The second-order valence-corrected chi connectivity index (χ2v) is 4.85. The summed E-state index contributed by atoms with van der Waals surface area (Å²) in [6.45, 7) is 3.91. The van der Waals surface area contributed by atoms with Crippen LogP contribution in [0.5, 0.6) is 5.88 Å². The van der Waals surface area contributed by atoms with E-state index in [0.29, 0.717) is 0 Å². The number of aromatic nitrogens is 2. The molecule has 1 aliphatic carbocycles. The van der Waals surface area contributed by atoms with Crippen molar-refractivity contribution in [3.05, 3.63) is 22.7 Å². The lowest BCUT2D eigenvalue weighted by atomic mass is 10.3. The van der Waals surface area contributed by atoms with Crippen molar-refractivity contribution in [2.45, 2.75) is 51.3 Å². The van der Waals surface area contributed by atoms with Gasteiger partial charge in [0.15, 0.2) is 0 Å². The van der Waals surface area contributed by atoms with Crippen LogP contribution in [-0.2, 0) is 0 Å². The Morgan fingerprint density at radius 3 is 2.88 bits per heavy atom. The third-order valence-electron chi connectivity index (χ3n) is 3.10. The standard InChI is InChI=1S/C12H19N3O2/c1-8(2)15-6-5-14-11(12(15)16)17-10-4-3-9(13)7-10/h5-6,8-10H,3-4,7,13H2,1-2H3. The molecule has 1 saturated carbocycles. The molecule has 1 aromatic heterocycles. The normalized spacial score (nSPS) is 24.2. The van der Waals surface area contributed by atoms with Gasteiger partial charge in [0, 0.05) is 24.5 Å². The molecule has 0 bridgehead atoms. The molecule has 5 nitrogen and oxygen atoms in total. The molecule has 0 saturated heterocycles. The average molecular weight is 237 g/mol. The quantitative estimate of drug-likeness (QED) is 0.854. The van der Waals surface area contributed by atoms with E-state index in [1.165, 1.54) is 0 Å². The van der Waals surface area contributed by atoms with Gasteiger partial charge in [0.25, 0.3) is 5.88 Å². The van der Waals surface area contributed by atoms with Crippen LogP contribution < -0.4 is 16.0 Å². The number of ether oxygens (including phenoxy) is 1. The van der Waals surface area contributed by atoms with E-state index in [2.05, 4.69) is 4.98 Å². The average Bonchev–Trinajstić information content (AvgIpc) is 2.67. The van der Waals surface area contributed by atoms with Crippen molar-refractivity contribution < 1.29 is 4.74 Å². The van der Waals surface area contributed by atoms with Crippen molar-refractivity contribution in [3.8, 4) is 5.88 Å². The first kappa shape index (κ1) is 12.1. The van der Waals surface area contributed by atoms with E-state index in [-0.39, 0.29) is 29.6 Å². The Bertz CT molecular complexity index is 442. The maximum atomic E-state index is 12.0. The maximum Gasteiger partial charge on any atom is 0.313 e. The van der Waals surface area contributed by atoms with E-state index in [1.807, 2.05) is 13.8 Å². The highest BCUT2D eigenvalue weighted by Crippen LogP contribution is 2.20. The molecule has 5 heteroatoms. The molecule has 1 aromatic rings. The van der Waals surface area contributed by atoms with Crippen molar-refractivity contribution >= 4 is 0 Å². The van der Waals surface area contributed by atoms with Crippen molar-refractivity contribution in [3.63, 3.8) is 0 Å². The first-order valence-electron chi connectivity index (χ1n) is 6.07. The summed E-state index contributed by atoms with van der Waals surface area (Å²) < 4.78 is 7.27. The van der Waals surface area contributed by atoms with Gasteiger partial charge in [-0.3, -0.25) is 4.79 Å². The molecule has 1 aliphatic rings. The Morgan fingerprint density at radius 2 is 2.29 bits per heavy atom. The second-order valence-electron chi connectivity index (χ2n) is 4.85. The topological polar surface area (TPSA) is 70.1 Å². The van der Waals surface area contributed by atoms with Gasteiger partial charge in [-0.15, -0.1) is 0 Å². The highest BCUT2D eigenvalue weighted by molar-refractivity contribution is 5.06. The molecule has 2 N–H and O–H groups in total. The van der Waals surface area contributed by atoms with Gasteiger partial charge < -0.3 is 15.0 Å². The summed E-state index contributed by atoms with van der Waals surface area (Å²) in [6.07, 6.45) is 5.98. The minimum Gasteiger partial charge on any atom is -0.470 e. The molecule has 0 aromatic carbocycles. The summed E-state index contributed by atoms with van der Waals surface area (Å²) in [6, 6.07) is 0.301. The SMILES string of the molecule is CC(C)n1ccnc(OC2CCC(N)C2)c1=O. The first-order chi connectivity index (χ1) is 8.08. The monoisotopic (exact) mass is 237 g/mol. The molecule has 0 radical (unpaired) electrons. The molecule has 0 spiro atoms. The van der Waals surface area contributed by atoms with Gasteiger partial charge in [-0.2, -0.15) is 0 Å². The third kappa shape index (κ3) is 2.66. The molecule has 1 heterocycles. The predicted molar refractivity (Wildman–Crippen MR) is 65.1 cm³/mol. The van der Waals surface area contributed by atoms with E-state index in [0.717, 1.165) is 19.3 Å². The minimum absolute atomic E-state index is 0.0354. The van der Waals surface area contributed by atoms with E-state index in [9.17, 15) is 4.79 Å². The highest BCUT2D eigenvalue weighted by atomic mass is 16.5. The van der Waals surface area contributed by atoms with Crippen molar-refractivity contribution in [1.29, 1.82) is 0 Å². The van der Waals surface area contributed by atoms with Gasteiger partial charge in [0.2, 0.25) is 0 Å². The fourth-order valence-corrected chi connectivity index (χ4v) is 2.13. The number of hydrogen-bond donors (Lipinski definition) is 1. The van der Waals surface area contributed by atoms with E-state index >= 15 is 0 Å². The van der Waals surface area contributed by atoms with Crippen molar-refractivity contribution in [2.24, 2.45) is 5.73 Å². The molecule has 94 valence electrons. The highest BCUT2D eigenvalue weighted by Gasteiger charge is 2.24. The van der Waals surface area contributed by atoms with Crippen LogP contribution in [-0.4, -0.2) is 21.7 Å². The third-order valence-corrected chi connectivity index (χ3v) is 3.10. The van der Waals surface area contributed by atoms with Gasteiger partial charge in [0.1, 0.15) is 6.10 Å². The molecular weight excluding hydrogens is 218 g/mol. The van der Waals surface area contributed by atoms with Crippen LogP contribution in [0, 0.1) is 0 Å². The van der Waals surface area contributed by atoms with Crippen LogP contribution in [0.2, 0.25) is 0 Å². The predicted octanol–water partition coefficient (Wildman–Crippen LogP) is 1.08. The summed E-state index contributed by atoms with van der Waals surface area (Å²) >= 11 is 0. The first-order valence-corrected chi connectivity index (χ1v) is 6.07. The van der Waals surface area contributed by atoms with E-state index in [1.54, 1.807) is 17.0 Å². The van der Waals surface area contributed by atoms with Gasteiger partial charge in [-0.05, 0) is 33.1 Å².